The van der Waals surface area contributed by atoms with Crippen molar-refractivity contribution < 1.29 is 9.59 Å². The minimum atomic E-state index is -0.819. The first-order valence-electron chi connectivity index (χ1n) is 8.75. The molecule has 1 aliphatic rings. The average molecular weight is 336 g/mol. The Balaban J connectivity index is 1.87. The molecule has 0 aliphatic carbocycles. The van der Waals surface area contributed by atoms with Crippen LogP contribution >= 0.6 is 0 Å². The molecule has 0 saturated carbocycles. The SMILES string of the molecule is CCC1(C)C(=O)NC(Cc2ccccc2)C(=O)N1Cc1ccccc1. The Hall–Kier alpha value is -2.62. The number of benzene rings is 2. The van der Waals surface area contributed by atoms with E-state index in [9.17, 15) is 9.59 Å². The lowest BCUT2D eigenvalue weighted by Crippen LogP contribution is -2.69. The van der Waals surface area contributed by atoms with E-state index in [4.69, 9.17) is 0 Å². The van der Waals surface area contributed by atoms with Crippen molar-refractivity contribution in [3.8, 4) is 0 Å². The summed E-state index contributed by atoms with van der Waals surface area (Å²) in [6, 6.07) is 19.1. The van der Waals surface area contributed by atoms with Crippen LogP contribution < -0.4 is 5.32 Å². The standard InChI is InChI=1S/C21H24N2O2/c1-3-21(2)20(25)22-18(14-16-10-6-4-7-11-16)19(24)23(21)15-17-12-8-5-9-13-17/h4-13,18H,3,14-15H2,1-2H3,(H,22,25). The zero-order chi connectivity index (χ0) is 17.9. The molecule has 1 heterocycles. The molecule has 0 bridgehead atoms. The first kappa shape index (κ1) is 17.2. The van der Waals surface area contributed by atoms with Gasteiger partial charge < -0.3 is 10.2 Å². The molecule has 0 spiro atoms. The molecule has 130 valence electrons. The minimum absolute atomic E-state index is 0.0170. The number of hydrogen-bond acceptors (Lipinski definition) is 2. The van der Waals surface area contributed by atoms with Crippen LogP contribution in [0, 0.1) is 0 Å². The van der Waals surface area contributed by atoms with Gasteiger partial charge in [-0.15, -0.1) is 0 Å². The molecule has 2 amide bonds. The summed E-state index contributed by atoms with van der Waals surface area (Å²) in [4.78, 5) is 27.7. The van der Waals surface area contributed by atoms with Crippen LogP contribution in [0.3, 0.4) is 0 Å². The van der Waals surface area contributed by atoms with E-state index in [-0.39, 0.29) is 11.8 Å². The van der Waals surface area contributed by atoms with Crippen molar-refractivity contribution in [2.75, 3.05) is 0 Å². The molecular formula is C21H24N2O2. The second-order valence-corrected chi connectivity index (χ2v) is 6.75. The molecule has 4 heteroatoms. The summed E-state index contributed by atoms with van der Waals surface area (Å²) >= 11 is 0. The summed E-state index contributed by atoms with van der Waals surface area (Å²) in [5, 5.41) is 2.94. The molecule has 2 atom stereocenters. The molecule has 2 unspecified atom stereocenters. The van der Waals surface area contributed by atoms with Gasteiger partial charge >= 0.3 is 0 Å². The van der Waals surface area contributed by atoms with Gasteiger partial charge in [0.2, 0.25) is 11.8 Å². The lowest BCUT2D eigenvalue weighted by Gasteiger charge is -2.46. The fourth-order valence-corrected chi connectivity index (χ4v) is 3.29. The zero-order valence-electron chi connectivity index (χ0n) is 14.7. The monoisotopic (exact) mass is 336 g/mol. The van der Waals surface area contributed by atoms with Gasteiger partial charge in [0.05, 0.1) is 0 Å². The summed E-state index contributed by atoms with van der Waals surface area (Å²) < 4.78 is 0. The van der Waals surface area contributed by atoms with Crippen LogP contribution in [0.25, 0.3) is 0 Å². The summed E-state index contributed by atoms with van der Waals surface area (Å²) in [5.74, 6) is -0.0943. The largest absolute Gasteiger partial charge is 0.342 e. The molecule has 0 aromatic heterocycles. The van der Waals surface area contributed by atoms with E-state index < -0.39 is 11.6 Å². The van der Waals surface area contributed by atoms with E-state index in [1.165, 1.54) is 0 Å². The van der Waals surface area contributed by atoms with Crippen LogP contribution in [0.15, 0.2) is 60.7 Å². The van der Waals surface area contributed by atoms with Crippen molar-refractivity contribution in [3.05, 3.63) is 71.8 Å². The van der Waals surface area contributed by atoms with Gasteiger partial charge in [-0.3, -0.25) is 9.59 Å². The highest BCUT2D eigenvalue weighted by Crippen LogP contribution is 2.28. The quantitative estimate of drug-likeness (QED) is 0.913. The van der Waals surface area contributed by atoms with Crippen molar-refractivity contribution in [2.45, 2.75) is 44.8 Å². The van der Waals surface area contributed by atoms with Gasteiger partial charge in [0.1, 0.15) is 11.6 Å². The molecular weight excluding hydrogens is 312 g/mol. The van der Waals surface area contributed by atoms with Gasteiger partial charge in [0.15, 0.2) is 0 Å². The highest BCUT2D eigenvalue weighted by atomic mass is 16.2. The number of nitrogens with one attached hydrogen (secondary N) is 1. The Morgan fingerprint density at radius 3 is 2.08 bits per heavy atom. The van der Waals surface area contributed by atoms with Crippen LogP contribution in [0.5, 0.6) is 0 Å². The Morgan fingerprint density at radius 1 is 0.960 bits per heavy atom. The van der Waals surface area contributed by atoms with Gasteiger partial charge in [0, 0.05) is 13.0 Å². The second-order valence-electron chi connectivity index (χ2n) is 6.75. The molecule has 1 N–H and O–H groups in total. The number of carbonyl (C=O) groups excluding carboxylic acids is 2. The molecule has 4 nitrogen and oxygen atoms in total. The van der Waals surface area contributed by atoms with Crippen LogP contribution in [0.1, 0.15) is 31.4 Å². The van der Waals surface area contributed by atoms with Gasteiger partial charge in [-0.2, -0.15) is 0 Å². The number of hydrogen-bond donors (Lipinski definition) is 1. The Morgan fingerprint density at radius 2 is 1.52 bits per heavy atom. The summed E-state index contributed by atoms with van der Waals surface area (Å²) in [6.07, 6.45) is 1.09. The third-order valence-corrected chi connectivity index (χ3v) is 5.11. The average Bonchev–Trinajstić information content (AvgIpc) is 2.65. The molecule has 1 fully saturated rings. The molecule has 1 aliphatic heterocycles. The van der Waals surface area contributed by atoms with Crippen LogP contribution in [-0.2, 0) is 22.6 Å². The molecule has 1 saturated heterocycles. The summed E-state index contributed by atoms with van der Waals surface area (Å²) in [6.45, 7) is 4.24. The van der Waals surface area contributed by atoms with E-state index in [0.717, 1.165) is 11.1 Å². The highest BCUT2D eigenvalue weighted by molar-refractivity contribution is 5.99. The molecule has 3 rings (SSSR count). The highest BCUT2D eigenvalue weighted by Gasteiger charge is 2.48. The van der Waals surface area contributed by atoms with E-state index in [2.05, 4.69) is 5.32 Å². The van der Waals surface area contributed by atoms with Crippen molar-refractivity contribution in [2.24, 2.45) is 0 Å². The topological polar surface area (TPSA) is 49.4 Å². The Bertz CT molecular complexity index is 745. The van der Waals surface area contributed by atoms with Crippen molar-refractivity contribution in [1.82, 2.24) is 10.2 Å². The third kappa shape index (κ3) is 3.43. The van der Waals surface area contributed by atoms with Gasteiger partial charge in [-0.1, -0.05) is 67.6 Å². The summed E-state index contributed by atoms with van der Waals surface area (Å²) in [5.41, 5.74) is 1.25. The smallest absolute Gasteiger partial charge is 0.246 e. The predicted octanol–water partition coefficient (Wildman–Crippen LogP) is 2.93. The lowest BCUT2D eigenvalue weighted by atomic mass is 9.88. The van der Waals surface area contributed by atoms with Crippen molar-refractivity contribution >= 4 is 11.8 Å². The van der Waals surface area contributed by atoms with E-state index >= 15 is 0 Å². The van der Waals surface area contributed by atoms with Crippen molar-refractivity contribution in [1.29, 1.82) is 0 Å². The van der Waals surface area contributed by atoms with E-state index in [1.54, 1.807) is 4.90 Å². The van der Waals surface area contributed by atoms with Gasteiger partial charge in [0.25, 0.3) is 0 Å². The Labute approximate surface area is 148 Å². The fraction of sp³-hybridized carbons (Fsp3) is 0.333. The maximum Gasteiger partial charge on any atom is 0.246 e. The van der Waals surface area contributed by atoms with E-state index in [1.807, 2.05) is 74.5 Å². The minimum Gasteiger partial charge on any atom is -0.342 e. The molecule has 2 aromatic rings. The predicted molar refractivity (Wildman–Crippen MR) is 97.8 cm³/mol. The molecule has 2 aromatic carbocycles. The number of nitrogens with zero attached hydrogens (tertiary/aromatic N) is 1. The zero-order valence-corrected chi connectivity index (χ0v) is 14.7. The number of piperazine rings is 1. The van der Waals surface area contributed by atoms with Gasteiger partial charge in [-0.25, -0.2) is 0 Å². The number of carbonyl (C=O) groups is 2. The first-order chi connectivity index (χ1) is 12.0. The normalized spacial score (nSPS) is 23.4. The third-order valence-electron chi connectivity index (χ3n) is 5.11. The Kier molecular flexibility index (Phi) is 4.88. The van der Waals surface area contributed by atoms with Crippen molar-refractivity contribution in [3.63, 3.8) is 0 Å². The first-order valence-corrected chi connectivity index (χ1v) is 8.75. The lowest BCUT2D eigenvalue weighted by molar-refractivity contribution is -0.157. The maximum absolute atomic E-state index is 13.2. The van der Waals surface area contributed by atoms with Crippen LogP contribution in [0.2, 0.25) is 0 Å². The maximum atomic E-state index is 13.2. The second kappa shape index (κ2) is 7.09. The van der Waals surface area contributed by atoms with Crippen LogP contribution in [0.4, 0.5) is 0 Å². The van der Waals surface area contributed by atoms with Gasteiger partial charge in [-0.05, 0) is 24.5 Å². The van der Waals surface area contributed by atoms with Crippen LogP contribution in [-0.4, -0.2) is 28.3 Å². The molecule has 25 heavy (non-hydrogen) atoms. The molecule has 0 radical (unpaired) electrons. The number of rotatable bonds is 5. The van der Waals surface area contributed by atoms with E-state index in [0.29, 0.717) is 19.4 Å². The number of amides is 2. The summed E-state index contributed by atoms with van der Waals surface area (Å²) in [7, 11) is 0. The fourth-order valence-electron chi connectivity index (χ4n) is 3.29.